The van der Waals surface area contributed by atoms with Gasteiger partial charge in [0.1, 0.15) is 5.75 Å². The molecule has 0 bridgehead atoms. The van der Waals surface area contributed by atoms with Gasteiger partial charge in [0.05, 0.1) is 25.1 Å². The minimum absolute atomic E-state index is 0.0811. The Morgan fingerprint density at radius 2 is 1.73 bits per heavy atom. The first-order chi connectivity index (χ1) is 12.0. The van der Waals surface area contributed by atoms with E-state index in [0.29, 0.717) is 0 Å². The van der Waals surface area contributed by atoms with Crippen molar-refractivity contribution >= 4 is 5.57 Å². The van der Waals surface area contributed by atoms with Gasteiger partial charge in [-0.2, -0.15) is 0 Å². The molecule has 3 heteroatoms. The number of aliphatic hydroxyl groups is 1. The van der Waals surface area contributed by atoms with Gasteiger partial charge in [-0.3, -0.25) is 4.98 Å². The maximum absolute atomic E-state index is 9.76. The molecule has 0 aliphatic carbocycles. The van der Waals surface area contributed by atoms with E-state index in [2.05, 4.69) is 39.5 Å². The highest BCUT2D eigenvalue weighted by molar-refractivity contribution is 5.75. The van der Waals surface area contributed by atoms with Crippen LogP contribution in [0, 0.1) is 0 Å². The molecule has 0 amide bonds. The van der Waals surface area contributed by atoms with Gasteiger partial charge in [0, 0.05) is 22.0 Å². The number of hydrogen-bond donors (Lipinski definition) is 1. The number of ether oxygens (including phenoxy) is 1. The van der Waals surface area contributed by atoms with Crippen LogP contribution in [0.25, 0.3) is 16.7 Å². The maximum Gasteiger partial charge on any atom is 0.126 e. The second kappa shape index (κ2) is 7.24. The van der Waals surface area contributed by atoms with Crippen molar-refractivity contribution in [2.75, 3.05) is 13.7 Å². The molecule has 26 heavy (non-hydrogen) atoms. The van der Waals surface area contributed by atoms with Crippen molar-refractivity contribution in [2.24, 2.45) is 0 Å². The molecular weight excluding hydrogens is 322 g/mol. The van der Waals surface area contributed by atoms with Crippen molar-refractivity contribution in [3.8, 4) is 16.9 Å². The number of hydrogen-bond acceptors (Lipinski definition) is 3. The summed E-state index contributed by atoms with van der Waals surface area (Å²) in [5.41, 5.74) is 5.53. The summed E-state index contributed by atoms with van der Waals surface area (Å²) in [6.45, 7) is 16.6. The number of methoxy groups -OCH3 is 1. The number of pyridine rings is 1. The van der Waals surface area contributed by atoms with Crippen LogP contribution in [0.2, 0.25) is 0 Å². The number of allylic oxidation sites excluding steroid dienone is 1. The molecule has 2 aromatic rings. The minimum atomic E-state index is -0.325. The summed E-state index contributed by atoms with van der Waals surface area (Å²) in [4.78, 5) is 4.90. The first-order valence-corrected chi connectivity index (χ1v) is 8.98. The van der Waals surface area contributed by atoms with Gasteiger partial charge in [0.2, 0.25) is 0 Å². The zero-order chi connectivity index (χ0) is 19.7. The first-order valence-electron chi connectivity index (χ1n) is 8.98. The van der Waals surface area contributed by atoms with Gasteiger partial charge in [0.15, 0.2) is 0 Å². The fraction of sp³-hybridized carbons (Fsp3) is 0.435. The monoisotopic (exact) mass is 353 g/mol. The standard InChI is InChI=1S/C23H31NO2/c1-15(2)19-11-10-17(21(24-19)22(3,4)5)18-13-16(23(6,7)14-25)9-12-20(18)26-8/h9-13,25H,1,14H2,2-8H3. The largest absolute Gasteiger partial charge is 0.496 e. The Hall–Kier alpha value is -2.13. The average Bonchev–Trinajstić information content (AvgIpc) is 2.59. The van der Waals surface area contributed by atoms with Crippen LogP contribution in [0.1, 0.15) is 58.5 Å². The Labute approximate surface area is 157 Å². The molecule has 0 spiro atoms. The maximum atomic E-state index is 9.76. The van der Waals surface area contributed by atoms with E-state index in [9.17, 15) is 5.11 Å². The van der Waals surface area contributed by atoms with E-state index in [0.717, 1.165) is 39.4 Å². The van der Waals surface area contributed by atoms with Gasteiger partial charge >= 0.3 is 0 Å². The van der Waals surface area contributed by atoms with Crippen LogP contribution in [0.15, 0.2) is 36.9 Å². The van der Waals surface area contributed by atoms with E-state index in [-0.39, 0.29) is 17.4 Å². The summed E-state index contributed by atoms with van der Waals surface area (Å²) in [5.74, 6) is 0.804. The number of nitrogens with zero attached hydrogens (tertiary/aromatic N) is 1. The SMILES string of the molecule is C=C(C)c1ccc(-c2cc(C(C)(C)CO)ccc2OC)c(C(C)(C)C)n1. The van der Waals surface area contributed by atoms with Crippen LogP contribution in [0.4, 0.5) is 0 Å². The molecule has 0 atom stereocenters. The van der Waals surface area contributed by atoms with E-state index in [1.54, 1.807) is 7.11 Å². The Kier molecular flexibility index (Phi) is 5.62. The predicted molar refractivity (Wildman–Crippen MR) is 110 cm³/mol. The summed E-state index contributed by atoms with van der Waals surface area (Å²) >= 11 is 0. The summed E-state index contributed by atoms with van der Waals surface area (Å²) in [6, 6.07) is 10.2. The number of rotatable bonds is 5. The summed E-state index contributed by atoms with van der Waals surface area (Å²) in [6.07, 6.45) is 0. The van der Waals surface area contributed by atoms with E-state index < -0.39 is 0 Å². The highest BCUT2D eigenvalue weighted by Crippen LogP contribution is 2.39. The van der Waals surface area contributed by atoms with Crippen molar-refractivity contribution in [3.05, 3.63) is 53.9 Å². The van der Waals surface area contributed by atoms with Crippen LogP contribution in [0.5, 0.6) is 5.75 Å². The van der Waals surface area contributed by atoms with Crippen LogP contribution in [-0.2, 0) is 10.8 Å². The lowest BCUT2D eigenvalue weighted by Gasteiger charge is -2.26. The van der Waals surface area contributed by atoms with E-state index in [1.165, 1.54) is 0 Å². The highest BCUT2D eigenvalue weighted by atomic mass is 16.5. The van der Waals surface area contributed by atoms with Gasteiger partial charge in [-0.25, -0.2) is 0 Å². The quantitative estimate of drug-likeness (QED) is 0.787. The number of benzene rings is 1. The van der Waals surface area contributed by atoms with E-state index >= 15 is 0 Å². The smallest absolute Gasteiger partial charge is 0.126 e. The molecule has 0 aliphatic heterocycles. The molecular formula is C23H31NO2. The van der Waals surface area contributed by atoms with Crippen LogP contribution in [0.3, 0.4) is 0 Å². The Balaban J connectivity index is 2.78. The Bertz CT molecular complexity index is 813. The molecule has 0 unspecified atom stereocenters. The van der Waals surface area contributed by atoms with E-state index in [1.807, 2.05) is 39.0 Å². The van der Waals surface area contributed by atoms with Gasteiger partial charge < -0.3 is 9.84 Å². The Morgan fingerprint density at radius 3 is 2.23 bits per heavy atom. The molecule has 1 heterocycles. The molecule has 1 N–H and O–H groups in total. The lowest BCUT2D eigenvalue weighted by Crippen LogP contribution is -2.22. The van der Waals surface area contributed by atoms with Crippen molar-refractivity contribution in [1.29, 1.82) is 0 Å². The van der Waals surface area contributed by atoms with Crippen molar-refractivity contribution in [2.45, 2.75) is 52.4 Å². The molecule has 0 aliphatic rings. The minimum Gasteiger partial charge on any atom is -0.496 e. The van der Waals surface area contributed by atoms with Gasteiger partial charge in [-0.05, 0) is 36.3 Å². The fourth-order valence-electron chi connectivity index (χ4n) is 2.92. The molecule has 0 fully saturated rings. The van der Waals surface area contributed by atoms with Crippen molar-refractivity contribution in [3.63, 3.8) is 0 Å². The summed E-state index contributed by atoms with van der Waals surface area (Å²) in [7, 11) is 1.68. The Morgan fingerprint density at radius 1 is 1.08 bits per heavy atom. The van der Waals surface area contributed by atoms with Crippen molar-refractivity contribution in [1.82, 2.24) is 4.98 Å². The number of aliphatic hydroxyl groups excluding tert-OH is 1. The molecule has 0 saturated carbocycles. The normalized spacial score (nSPS) is 12.2. The predicted octanol–water partition coefficient (Wildman–Crippen LogP) is 5.36. The molecule has 2 rings (SSSR count). The van der Waals surface area contributed by atoms with E-state index in [4.69, 9.17) is 9.72 Å². The number of aromatic nitrogens is 1. The van der Waals surface area contributed by atoms with Crippen LogP contribution < -0.4 is 4.74 Å². The highest BCUT2D eigenvalue weighted by Gasteiger charge is 2.25. The molecule has 0 saturated heterocycles. The molecule has 1 aromatic carbocycles. The van der Waals surface area contributed by atoms with Crippen LogP contribution >= 0.6 is 0 Å². The third-order valence-electron chi connectivity index (χ3n) is 4.71. The second-order valence-electron chi connectivity index (χ2n) is 8.58. The third kappa shape index (κ3) is 3.99. The molecule has 140 valence electrons. The first kappa shape index (κ1) is 20.2. The lowest BCUT2D eigenvalue weighted by atomic mass is 9.81. The zero-order valence-corrected chi connectivity index (χ0v) is 17.1. The fourth-order valence-corrected chi connectivity index (χ4v) is 2.92. The van der Waals surface area contributed by atoms with Crippen LogP contribution in [-0.4, -0.2) is 23.8 Å². The molecule has 0 radical (unpaired) electrons. The van der Waals surface area contributed by atoms with Gasteiger partial charge in [-0.15, -0.1) is 0 Å². The van der Waals surface area contributed by atoms with Gasteiger partial charge in [-0.1, -0.05) is 53.3 Å². The summed E-state index contributed by atoms with van der Waals surface area (Å²) in [5, 5.41) is 9.76. The second-order valence-corrected chi connectivity index (χ2v) is 8.58. The lowest BCUT2D eigenvalue weighted by molar-refractivity contribution is 0.218. The van der Waals surface area contributed by atoms with Gasteiger partial charge in [0.25, 0.3) is 0 Å². The zero-order valence-electron chi connectivity index (χ0n) is 17.1. The third-order valence-corrected chi connectivity index (χ3v) is 4.71. The molecule has 3 nitrogen and oxygen atoms in total. The van der Waals surface area contributed by atoms with Crippen molar-refractivity contribution < 1.29 is 9.84 Å². The average molecular weight is 354 g/mol. The molecule has 1 aromatic heterocycles. The topological polar surface area (TPSA) is 42.4 Å². The summed E-state index contributed by atoms with van der Waals surface area (Å²) < 4.78 is 5.64.